The fourth-order valence-electron chi connectivity index (χ4n) is 2.70. The highest BCUT2D eigenvalue weighted by Crippen LogP contribution is 2.15. The zero-order valence-electron chi connectivity index (χ0n) is 14.2. The number of anilines is 1. The van der Waals surface area contributed by atoms with Crippen LogP contribution in [0.5, 0.6) is 0 Å². The van der Waals surface area contributed by atoms with Gasteiger partial charge in [-0.3, -0.25) is 4.79 Å². The Kier molecular flexibility index (Phi) is 5.08. The third kappa shape index (κ3) is 3.90. The van der Waals surface area contributed by atoms with Crippen molar-refractivity contribution in [3.63, 3.8) is 0 Å². The minimum atomic E-state index is 0.139. The number of aromatic nitrogens is 3. The molecule has 3 heterocycles. The predicted octanol–water partition coefficient (Wildman–Crippen LogP) is 1.87. The van der Waals surface area contributed by atoms with Gasteiger partial charge in [0.15, 0.2) is 0 Å². The molecule has 0 aliphatic carbocycles. The molecule has 24 heavy (non-hydrogen) atoms. The fraction of sp³-hybridized carbons (Fsp3) is 0.529. The monoisotopic (exact) mass is 329 g/mol. The average molecular weight is 329 g/mol. The van der Waals surface area contributed by atoms with Crippen molar-refractivity contribution in [2.45, 2.75) is 32.6 Å². The van der Waals surface area contributed by atoms with Crippen LogP contribution < -0.4 is 4.90 Å². The van der Waals surface area contributed by atoms with Crippen LogP contribution in [-0.2, 0) is 11.2 Å². The third-order valence-corrected chi connectivity index (χ3v) is 4.13. The van der Waals surface area contributed by atoms with Crippen LogP contribution in [0.4, 0.5) is 5.82 Å². The Labute approximate surface area is 141 Å². The number of amides is 1. The highest BCUT2D eigenvalue weighted by molar-refractivity contribution is 5.76. The number of rotatable bonds is 5. The Morgan fingerprint density at radius 2 is 2.00 bits per heavy atom. The summed E-state index contributed by atoms with van der Waals surface area (Å²) in [5.41, 5.74) is 0. The number of hydrogen-bond donors (Lipinski definition) is 0. The van der Waals surface area contributed by atoms with E-state index in [0.29, 0.717) is 24.6 Å². The summed E-state index contributed by atoms with van der Waals surface area (Å²) in [7, 11) is 0. The molecule has 7 nitrogen and oxygen atoms in total. The molecular weight excluding hydrogens is 306 g/mol. The molecule has 128 valence electrons. The maximum absolute atomic E-state index is 12.4. The van der Waals surface area contributed by atoms with Crippen LogP contribution >= 0.6 is 0 Å². The number of piperazine rings is 1. The van der Waals surface area contributed by atoms with Crippen LogP contribution in [0.3, 0.4) is 0 Å². The second-order valence-corrected chi connectivity index (χ2v) is 6.24. The molecular formula is C17H23N5O2. The molecule has 0 unspecified atom stereocenters. The Bertz CT molecular complexity index is 663. The molecule has 3 rings (SSSR count). The van der Waals surface area contributed by atoms with Gasteiger partial charge in [-0.05, 0) is 12.1 Å². The number of carbonyl (C=O) groups is 1. The first-order valence-electron chi connectivity index (χ1n) is 8.39. The van der Waals surface area contributed by atoms with Crippen molar-refractivity contribution in [1.29, 1.82) is 0 Å². The number of carbonyl (C=O) groups excluding carboxylic acids is 1. The van der Waals surface area contributed by atoms with Gasteiger partial charge < -0.3 is 14.2 Å². The van der Waals surface area contributed by atoms with E-state index >= 15 is 0 Å². The summed E-state index contributed by atoms with van der Waals surface area (Å²) in [5, 5.41) is 8.00. The molecule has 1 saturated heterocycles. The summed E-state index contributed by atoms with van der Waals surface area (Å²) in [6.07, 6.45) is 2.70. The van der Waals surface area contributed by atoms with Gasteiger partial charge in [-0.25, -0.2) is 4.98 Å². The first-order valence-corrected chi connectivity index (χ1v) is 8.39. The average Bonchev–Trinajstić information content (AvgIpc) is 3.10. The Morgan fingerprint density at radius 1 is 1.21 bits per heavy atom. The summed E-state index contributed by atoms with van der Waals surface area (Å²) in [6, 6.07) is 5.89. The lowest BCUT2D eigenvalue weighted by Gasteiger charge is -2.35. The molecule has 2 aromatic rings. The van der Waals surface area contributed by atoms with Crippen LogP contribution in [-0.4, -0.2) is 52.2 Å². The van der Waals surface area contributed by atoms with Crippen molar-refractivity contribution in [3.8, 4) is 0 Å². The Balaban J connectivity index is 1.46. The van der Waals surface area contributed by atoms with E-state index in [1.165, 1.54) is 0 Å². The fourth-order valence-corrected chi connectivity index (χ4v) is 2.70. The number of aryl methyl sites for hydroxylation is 1. The van der Waals surface area contributed by atoms with Gasteiger partial charge in [-0.2, -0.15) is 0 Å². The SMILES string of the molecule is CC(C)c1nnc(CCC(=O)N2CCN(c3ccccn3)CC2)o1. The lowest BCUT2D eigenvalue weighted by atomic mass is 10.2. The number of pyridine rings is 1. The highest BCUT2D eigenvalue weighted by Gasteiger charge is 2.22. The maximum atomic E-state index is 12.4. The van der Waals surface area contributed by atoms with Crippen molar-refractivity contribution in [3.05, 3.63) is 36.2 Å². The van der Waals surface area contributed by atoms with E-state index in [1.54, 1.807) is 6.20 Å². The van der Waals surface area contributed by atoms with Crippen LogP contribution in [0.1, 0.15) is 38.0 Å². The van der Waals surface area contributed by atoms with E-state index in [1.807, 2.05) is 36.9 Å². The van der Waals surface area contributed by atoms with Crippen LogP contribution in [0.2, 0.25) is 0 Å². The summed E-state index contributed by atoms with van der Waals surface area (Å²) >= 11 is 0. The highest BCUT2D eigenvalue weighted by atomic mass is 16.4. The number of hydrogen-bond acceptors (Lipinski definition) is 6. The molecule has 7 heteroatoms. The van der Waals surface area contributed by atoms with Crippen molar-refractivity contribution in [2.75, 3.05) is 31.1 Å². The van der Waals surface area contributed by atoms with Gasteiger partial charge in [-0.15, -0.1) is 10.2 Å². The first-order chi connectivity index (χ1) is 11.6. The van der Waals surface area contributed by atoms with E-state index in [-0.39, 0.29) is 11.8 Å². The van der Waals surface area contributed by atoms with E-state index in [2.05, 4.69) is 20.1 Å². The summed E-state index contributed by atoms with van der Waals surface area (Å²) in [5.74, 6) is 2.49. The molecule has 0 N–H and O–H groups in total. The summed E-state index contributed by atoms with van der Waals surface area (Å²) < 4.78 is 5.55. The molecule has 1 aliphatic rings. The van der Waals surface area contributed by atoms with Gasteiger partial charge >= 0.3 is 0 Å². The van der Waals surface area contributed by atoms with E-state index in [4.69, 9.17) is 4.42 Å². The molecule has 0 radical (unpaired) electrons. The molecule has 1 aliphatic heterocycles. The standard InChI is InChI=1S/C17H23N5O2/c1-13(2)17-20-19-15(24-17)6-7-16(23)22-11-9-21(10-12-22)14-5-3-4-8-18-14/h3-5,8,13H,6-7,9-12H2,1-2H3. The lowest BCUT2D eigenvalue weighted by molar-refractivity contribution is -0.131. The van der Waals surface area contributed by atoms with Gasteiger partial charge in [0.1, 0.15) is 5.82 Å². The van der Waals surface area contributed by atoms with Crippen molar-refractivity contribution >= 4 is 11.7 Å². The van der Waals surface area contributed by atoms with Crippen molar-refractivity contribution in [2.24, 2.45) is 0 Å². The molecule has 2 aromatic heterocycles. The van der Waals surface area contributed by atoms with Crippen LogP contribution in [0.15, 0.2) is 28.8 Å². The summed E-state index contributed by atoms with van der Waals surface area (Å²) in [6.45, 7) is 7.06. The molecule has 0 saturated carbocycles. The van der Waals surface area contributed by atoms with Gasteiger partial charge in [0.2, 0.25) is 17.7 Å². The van der Waals surface area contributed by atoms with E-state index in [0.717, 1.165) is 32.0 Å². The van der Waals surface area contributed by atoms with Gasteiger partial charge in [-0.1, -0.05) is 19.9 Å². The summed E-state index contributed by atoms with van der Waals surface area (Å²) in [4.78, 5) is 20.8. The van der Waals surface area contributed by atoms with E-state index < -0.39 is 0 Å². The van der Waals surface area contributed by atoms with Crippen LogP contribution in [0.25, 0.3) is 0 Å². The second-order valence-electron chi connectivity index (χ2n) is 6.24. The largest absolute Gasteiger partial charge is 0.425 e. The molecule has 1 amide bonds. The number of nitrogens with zero attached hydrogens (tertiary/aromatic N) is 5. The lowest BCUT2D eigenvalue weighted by Crippen LogP contribution is -2.49. The molecule has 0 spiro atoms. The van der Waals surface area contributed by atoms with Gasteiger partial charge in [0.05, 0.1) is 0 Å². The van der Waals surface area contributed by atoms with Gasteiger partial charge in [0, 0.05) is 51.1 Å². The zero-order chi connectivity index (χ0) is 16.9. The smallest absolute Gasteiger partial charge is 0.223 e. The first kappa shape index (κ1) is 16.4. The minimum absolute atomic E-state index is 0.139. The Hall–Kier alpha value is -2.44. The molecule has 1 fully saturated rings. The minimum Gasteiger partial charge on any atom is -0.425 e. The zero-order valence-corrected chi connectivity index (χ0v) is 14.2. The third-order valence-electron chi connectivity index (χ3n) is 4.13. The maximum Gasteiger partial charge on any atom is 0.223 e. The van der Waals surface area contributed by atoms with Crippen molar-refractivity contribution in [1.82, 2.24) is 20.1 Å². The van der Waals surface area contributed by atoms with Crippen molar-refractivity contribution < 1.29 is 9.21 Å². The normalized spacial score (nSPS) is 15.1. The molecule has 0 aromatic carbocycles. The quantitative estimate of drug-likeness (QED) is 0.833. The molecule has 0 atom stereocenters. The van der Waals surface area contributed by atoms with E-state index in [9.17, 15) is 4.79 Å². The molecule has 0 bridgehead atoms. The van der Waals surface area contributed by atoms with Gasteiger partial charge in [0.25, 0.3) is 0 Å². The predicted molar refractivity (Wildman–Crippen MR) is 89.7 cm³/mol. The Morgan fingerprint density at radius 3 is 2.62 bits per heavy atom. The topological polar surface area (TPSA) is 75.4 Å². The van der Waals surface area contributed by atoms with Crippen LogP contribution in [0, 0.1) is 0 Å². The second kappa shape index (κ2) is 7.42.